The third-order valence-corrected chi connectivity index (χ3v) is 3.39. The monoisotopic (exact) mass is 217 g/mol. The van der Waals surface area contributed by atoms with E-state index in [9.17, 15) is 0 Å². The van der Waals surface area contributed by atoms with Crippen LogP contribution < -0.4 is 5.32 Å². The third kappa shape index (κ3) is 2.85. The van der Waals surface area contributed by atoms with Crippen molar-refractivity contribution in [1.29, 1.82) is 0 Å². The fourth-order valence-electron chi connectivity index (χ4n) is 2.44. The number of hydrogen-bond donors (Lipinski definition) is 1. The summed E-state index contributed by atoms with van der Waals surface area (Å²) >= 11 is 0. The third-order valence-electron chi connectivity index (χ3n) is 3.39. The molecule has 1 aliphatic rings. The number of rotatable bonds is 5. The van der Waals surface area contributed by atoms with Crippen LogP contribution in [0.15, 0.2) is 24.3 Å². The summed E-state index contributed by atoms with van der Waals surface area (Å²) < 4.78 is 0. The second-order valence-corrected chi connectivity index (χ2v) is 5.44. The van der Waals surface area contributed by atoms with Crippen LogP contribution in [0.3, 0.4) is 0 Å². The van der Waals surface area contributed by atoms with Gasteiger partial charge in [-0.3, -0.25) is 0 Å². The molecule has 16 heavy (non-hydrogen) atoms. The zero-order valence-electron chi connectivity index (χ0n) is 10.7. The molecule has 1 unspecified atom stereocenters. The van der Waals surface area contributed by atoms with E-state index in [1.165, 1.54) is 30.4 Å². The number of benzene rings is 1. The topological polar surface area (TPSA) is 12.0 Å². The van der Waals surface area contributed by atoms with Gasteiger partial charge in [0.2, 0.25) is 0 Å². The molecule has 0 aliphatic heterocycles. The molecular formula is C15H23N. The molecule has 1 atom stereocenters. The van der Waals surface area contributed by atoms with Gasteiger partial charge in [-0.25, -0.2) is 0 Å². The van der Waals surface area contributed by atoms with E-state index < -0.39 is 0 Å². The average Bonchev–Trinajstić information content (AvgIpc) is 3.05. The van der Waals surface area contributed by atoms with Crippen LogP contribution in [0, 0.1) is 11.8 Å². The average molecular weight is 217 g/mol. The molecule has 1 nitrogen and oxygen atoms in total. The Bertz CT molecular complexity index is 322. The van der Waals surface area contributed by atoms with Gasteiger partial charge in [0.05, 0.1) is 0 Å². The van der Waals surface area contributed by atoms with Crippen molar-refractivity contribution in [3.05, 3.63) is 35.4 Å². The molecule has 1 aromatic carbocycles. The van der Waals surface area contributed by atoms with Gasteiger partial charge >= 0.3 is 0 Å². The van der Waals surface area contributed by atoms with Gasteiger partial charge < -0.3 is 5.32 Å². The minimum absolute atomic E-state index is 0.577. The first-order chi connectivity index (χ1) is 7.70. The lowest BCUT2D eigenvalue weighted by molar-refractivity contribution is 0.528. The highest BCUT2D eigenvalue weighted by molar-refractivity contribution is 5.26. The standard InChI is InChI=1S/C15H23N/c1-11(2)10-12-4-6-13(7-5-12)15(16-3)14-8-9-14/h4-7,11,14-16H,8-10H2,1-3H3. The summed E-state index contributed by atoms with van der Waals surface area (Å²) in [5, 5.41) is 3.44. The molecule has 1 fully saturated rings. The fraction of sp³-hybridized carbons (Fsp3) is 0.600. The number of hydrogen-bond acceptors (Lipinski definition) is 1. The van der Waals surface area contributed by atoms with E-state index in [4.69, 9.17) is 0 Å². The van der Waals surface area contributed by atoms with Crippen molar-refractivity contribution in [1.82, 2.24) is 5.32 Å². The molecular weight excluding hydrogens is 194 g/mol. The van der Waals surface area contributed by atoms with E-state index in [-0.39, 0.29) is 0 Å². The van der Waals surface area contributed by atoms with Crippen molar-refractivity contribution >= 4 is 0 Å². The zero-order chi connectivity index (χ0) is 11.5. The van der Waals surface area contributed by atoms with Crippen LogP contribution in [0.25, 0.3) is 0 Å². The van der Waals surface area contributed by atoms with Crippen LogP contribution in [-0.4, -0.2) is 7.05 Å². The second-order valence-electron chi connectivity index (χ2n) is 5.44. The summed E-state index contributed by atoms with van der Waals surface area (Å²) in [5.74, 6) is 1.62. The van der Waals surface area contributed by atoms with Crippen molar-refractivity contribution in [3.8, 4) is 0 Å². The van der Waals surface area contributed by atoms with Crippen LogP contribution in [0.4, 0.5) is 0 Å². The Labute approximate surface area is 99.3 Å². The molecule has 0 heterocycles. The Balaban J connectivity index is 2.05. The summed E-state index contributed by atoms with van der Waals surface area (Å²) in [5.41, 5.74) is 2.92. The molecule has 1 heteroatoms. The molecule has 1 aromatic rings. The maximum atomic E-state index is 3.44. The predicted molar refractivity (Wildman–Crippen MR) is 69.5 cm³/mol. The lowest BCUT2D eigenvalue weighted by atomic mass is 9.97. The van der Waals surface area contributed by atoms with Crippen LogP contribution in [-0.2, 0) is 6.42 Å². The SMILES string of the molecule is CNC(c1ccc(CC(C)C)cc1)C1CC1. The Morgan fingerprint density at radius 3 is 2.25 bits per heavy atom. The molecule has 2 rings (SSSR count). The van der Waals surface area contributed by atoms with E-state index in [2.05, 4.69) is 50.5 Å². The van der Waals surface area contributed by atoms with Gasteiger partial charge in [-0.2, -0.15) is 0 Å². The Morgan fingerprint density at radius 1 is 1.19 bits per heavy atom. The van der Waals surface area contributed by atoms with Crippen molar-refractivity contribution < 1.29 is 0 Å². The summed E-state index contributed by atoms with van der Waals surface area (Å²) in [4.78, 5) is 0. The minimum Gasteiger partial charge on any atom is -0.313 e. The largest absolute Gasteiger partial charge is 0.313 e. The first-order valence-electron chi connectivity index (χ1n) is 6.47. The molecule has 0 amide bonds. The Morgan fingerprint density at radius 2 is 1.81 bits per heavy atom. The molecule has 88 valence electrons. The van der Waals surface area contributed by atoms with Crippen LogP contribution >= 0.6 is 0 Å². The lowest BCUT2D eigenvalue weighted by Gasteiger charge is -2.16. The zero-order valence-corrected chi connectivity index (χ0v) is 10.7. The first kappa shape index (κ1) is 11.7. The van der Waals surface area contributed by atoms with Crippen LogP contribution in [0.1, 0.15) is 43.9 Å². The molecule has 1 aliphatic carbocycles. The predicted octanol–water partition coefficient (Wildman–Crippen LogP) is 3.56. The molecule has 0 aromatic heterocycles. The van der Waals surface area contributed by atoms with Crippen molar-refractivity contribution in [2.24, 2.45) is 11.8 Å². The highest BCUT2D eigenvalue weighted by Gasteiger charge is 2.30. The Hall–Kier alpha value is -0.820. The highest BCUT2D eigenvalue weighted by Crippen LogP contribution is 2.40. The summed E-state index contributed by atoms with van der Waals surface area (Å²) in [6.45, 7) is 4.54. The van der Waals surface area contributed by atoms with E-state index in [0.29, 0.717) is 6.04 Å². The second kappa shape index (κ2) is 5.01. The van der Waals surface area contributed by atoms with Crippen LogP contribution in [0.5, 0.6) is 0 Å². The van der Waals surface area contributed by atoms with Crippen LogP contribution in [0.2, 0.25) is 0 Å². The first-order valence-corrected chi connectivity index (χ1v) is 6.47. The lowest BCUT2D eigenvalue weighted by Crippen LogP contribution is -2.18. The molecule has 0 radical (unpaired) electrons. The molecule has 0 saturated heterocycles. The van der Waals surface area contributed by atoms with Gasteiger partial charge in [0.25, 0.3) is 0 Å². The highest BCUT2D eigenvalue weighted by atomic mass is 14.9. The van der Waals surface area contributed by atoms with Gasteiger partial charge in [-0.15, -0.1) is 0 Å². The smallest absolute Gasteiger partial charge is 0.0346 e. The fourth-order valence-corrected chi connectivity index (χ4v) is 2.44. The van der Waals surface area contributed by atoms with Gasteiger partial charge in [-0.05, 0) is 49.3 Å². The summed E-state index contributed by atoms with van der Waals surface area (Å²) in [7, 11) is 2.07. The van der Waals surface area contributed by atoms with Crippen molar-refractivity contribution in [3.63, 3.8) is 0 Å². The Kier molecular flexibility index (Phi) is 3.65. The maximum Gasteiger partial charge on any atom is 0.0346 e. The van der Waals surface area contributed by atoms with E-state index in [1.54, 1.807) is 0 Å². The normalized spacial score (nSPS) is 17.8. The van der Waals surface area contributed by atoms with Gasteiger partial charge in [0.1, 0.15) is 0 Å². The molecule has 0 spiro atoms. The van der Waals surface area contributed by atoms with Crippen molar-refractivity contribution in [2.45, 2.75) is 39.2 Å². The van der Waals surface area contributed by atoms with Gasteiger partial charge in [0.15, 0.2) is 0 Å². The van der Waals surface area contributed by atoms with E-state index >= 15 is 0 Å². The van der Waals surface area contributed by atoms with E-state index in [1.807, 2.05) is 0 Å². The molecule has 1 N–H and O–H groups in total. The minimum atomic E-state index is 0.577. The summed E-state index contributed by atoms with van der Waals surface area (Å²) in [6.07, 6.45) is 3.96. The maximum absolute atomic E-state index is 3.44. The van der Waals surface area contributed by atoms with Crippen molar-refractivity contribution in [2.75, 3.05) is 7.05 Å². The van der Waals surface area contributed by atoms with Gasteiger partial charge in [0, 0.05) is 6.04 Å². The quantitative estimate of drug-likeness (QED) is 0.795. The molecule has 1 saturated carbocycles. The van der Waals surface area contributed by atoms with Gasteiger partial charge in [-0.1, -0.05) is 38.1 Å². The van der Waals surface area contributed by atoms with E-state index in [0.717, 1.165) is 11.8 Å². The molecule has 0 bridgehead atoms. The summed E-state index contributed by atoms with van der Waals surface area (Å²) in [6, 6.07) is 9.77. The number of nitrogens with one attached hydrogen (secondary N) is 1.